The van der Waals surface area contributed by atoms with Gasteiger partial charge >= 0.3 is 0 Å². The summed E-state index contributed by atoms with van der Waals surface area (Å²) in [6.07, 6.45) is 4.09. The fourth-order valence-corrected chi connectivity index (χ4v) is 14.0. The number of rotatable bonds is 12. The molecule has 9 nitrogen and oxygen atoms in total. The summed E-state index contributed by atoms with van der Waals surface area (Å²) in [5, 5.41) is 11.2. The number of carbonyl (C=O) groups is 3. The van der Waals surface area contributed by atoms with Crippen LogP contribution in [0.3, 0.4) is 0 Å². The van der Waals surface area contributed by atoms with Gasteiger partial charge in [0.05, 0.1) is 46.5 Å². The lowest BCUT2D eigenvalue weighted by Crippen LogP contribution is -2.52. The van der Waals surface area contributed by atoms with E-state index in [0.29, 0.717) is 26.1 Å². The third kappa shape index (κ3) is 8.08. The molecule has 3 aliphatic rings. The van der Waals surface area contributed by atoms with Gasteiger partial charge in [-0.15, -0.1) is 0 Å². The van der Waals surface area contributed by atoms with E-state index in [1.807, 2.05) is 94.7 Å². The number of carbonyl (C=O) groups excluding carboxylic acids is 3. The Labute approximate surface area is 346 Å². The third-order valence-electron chi connectivity index (χ3n) is 12.5. The molecule has 11 heteroatoms. The van der Waals surface area contributed by atoms with E-state index in [9.17, 15) is 14.7 Å². The smallest absolute Gasteiger partial charge is 0.264 e. The molecular weight excluding hydrogens is 799 g/mol. The predicted octanol–water partition coefficient (Wildman–Crippen LogP) is 7.93. The molecule has 3 heterocycles. The van der Waals surface area contributed by atoms with Crippen molar-refractivity contribution in [1.82, 2.24) is 4.90 Å². The van der Waals surface area contributed by atoms with Crippen molar-refractivity contribution < 1.29 is 29.0 Å². The Morgan fingerprint density at radius 2 is 1.68 bits per heavy atom. The monoisotopic (exact) mass is 851 g/mol. The van der Waals surface area contributed by atoms with Gasteiger partial charge in [0.25, 0.3) is 5.91 Å². The lowest BCUT2D eigenvalue weighted by Gasteiger charge is -2.37. The maximum atomic E-state index is 15.4. The number of benzene rings is 4. The molecule has 0 radical (unpaired) electrons. The molecule has 2 saturated heterocycles. The van der Waals surface area contributed by atoms with Crippen molar-refractivity contribution >= 4 is 58.3 Å². The molecule has 4 aromatic rings. The highest BCUT2D eigenvalue weighted by Crippen LogP contribution is 2.60. The number of methoxy groups -OCH3 is 1. The zero-order valence-corrected chi connectivity index (χ0v) is 36.0. The summed E-state index contributed by atoms with van der Waals surface area (Å²) in [7, 11) is -0.863. The molecule has 0 aliphatic carbocycles. The zero-order valence-electron chi connectivity index (χ0n) is 33.5. The first-order chi connectivity index (χ1) is 27.5. The van der Waals surface area contributed by atoms with Gasteiger partial charge in [0.1, 0.15) is 5.75 Å². The van der Waals surface area contributed by atoms with Crippen LogP contribution in [-0.4, -0.2) is 68.7 Å². The van der Waals surface area contributed by atoms with Crippen LogP contribution in [0.4, 0.5) is 11.4 Å². The Hall–Kier alpha value is -4.29. The van der Waals surface area contributed by atoms with E-state index in [4.69, 9.17) is 9.47 Å². The Morgan fingerprint density at radius 3 is 2.42 bits per heavy atom. The number of aliphatic hydroxyl groups is 1. The second-order valence-electron chi connectivity index (χ2n) is 16.3. The Balaban J connectivity index is 1.26. The summed E-state index contributed by atoms with van der Waals surface area (Å²) in [6, 6.07) is 31.9. The summed E-state index contributed by atoms with van der Waals surface area (Å²) in [6.45, 7) is 8.12. The van der Waals surface area contributed by atoms with E-state index in [-0.39, 0.29) is 48.8 Å². The Morgan fingerprint density at radius 1 is 0.947 bits per heavy atom. The van der Waals surface area contributed by atoms with Crippen LogP contribution in [0.25, 0.3) is 0 Å². The molecule has 300 valence electrons. The number of hydrogen-bond donors (Lipinski definition) is 1. The van der Waals surface area contributed by atoms with Crippen molar-refractivity contribution in [3.05, 3.63) is 118 Å². The van der Waals surface area contributed by atoms with Crippen LogP contribution in [0.5, 0.6) is 5.75 Å². The molecule has 0 aromatic heterocycles. The number of anilines is 2. The Bertz CT molecular complexity index is 2080. The highest BCUT2D eigenvalue weighted by atomic mass is 79.9. The Kier molecular flexibility index (Phi) is 12.4. The topological polar surface area (TPSA) is 99.6 Å². The van der Waals surface area contributed by atoms with Gasteiger partial charge in [-0.05, 0) is 72.0 Å². The molecule has 57 heavy (non-hydrogen) atoms. The van der Waals surface area contributed by atoms with E-state index in [1.165, 1.54) is 5.19 Å². The van der Waals surface area contributed by atoms with Crippen LogP contribution in [0.2, 0.25) is 18.6 Å². The van der Waals surface area contributed by atoms with E-state index in [1.54, 1.807) is 12.0 Å². The number of halogens is 1. The first-order valence-electron chi connectivity index (χ1n) is 20.2. The van der Waals surface area contributed by atoms with E-state index >= 15 is 4.79 Å². The minimum Gasteiger partial charge on any atom is -0.497 e. The molecule has 0 unspecified atom stereocenters. The fourth-order valence-electron chi connectivity index (χ4n) is 9.60. The molecule has 4 atom stereocenters. The zero-order chi connectivity index (χ0) is 40.3. The van der Waals surface area contributed by atoms with Gasteiger partial charge in [-0.2, -0.15) is 0 Å². The molecule has 2 fully saturated rings. The molecule has 0 saturated carbocycles. The molecule has 1 N–H and O–H groups in total. The number of aliphatic hydroxyl groups excluding tert-OH is 1. The largest absolute Gasteiger partial charge is 0.497 e. The van der Waals surface area contributed by atoms with Gasteiger partial charge in [-0.25, -0.2) is 0 Å². The molecule has 3 aliphatic heterocycles. The van der Waals surface area contributed by atoms with Gasteiger partial charge < -0.3 is 29.3 Å². The van der Waals surface area contributed by atoms with Crippen LogP contribution in [-0.2, 0) is 37.8 Å². The van der Waals surface area contributed by atoms with Crippen molar-refractivity contribution in [2.24, 2.45) is 5.92 Å². The van der Waals surface area contributed by atoms with Crippen molar-refractivity contribution in [2.75, 3.05) is 36.6 Å². The summed E-state index contributed by atoms with van der Waals surface area (Å²) < 4.78 is 13.6. The van der Waals surface area contributed by atoms with Gasteiger partial charge in [0.2, 0.25) is 11.8 Å². The lowest BCUT2D eigenvalue weighted by molar-refractivity contribution is -0.150. The summed E-state index contributed by atoms with van der Waals surface area (Å²) >= 11 is 3.71. The fraction of sp³-hybridized carbons (Fsp3) is 0.413. The predicted molar refractivity (Wildman–Crippen MR) is 230 cm³/mol. The standard InChI is InChI=1S/C46H54BrN3O6Si/c1-32-44(57(3,4)38-21-19-37(55-2)20-22-38)41(29-43(53)48(25-26-51)30-33-13-8-7-9-14-33)56-46(32)39-28-35(47)18-23-40(39)50(45(46)54)31-34-15-12-16-36(27-34)49-24-11-6-5-10-17-42(49)52/h7-9,12-16,18-23,27-28,32,41,44,51H,5-6,10-11,17,24-26,29-31H2,1-4H3/t32-,41+,44-,46+/m1/s1. The number of ether oxygens (including phenoxy) is 2. The number of nitrogens with zero attached hydrogens (tertiary/aromatic N) is 3. The van der Waals surface area contributed by atoms with Gasteiger partial charge in [0, 0.05) is 47.7 Å². The highest BCUT2D eigenvalue weighted by Gasteiger charge is 2.66. The van der Waals surface area contributed by atoms with E-state index < -0.39 is 19.8 Å². The molecule has 0 bridgehead atoms. The van der Waals surface area contributed by atoms with Crippen LogP contribution in [0.15, 0.2) is 102 Å². The maximum Gasteiger partial charge on any atom is 0.264 e. The molecule has 4 aromatic carbocycles. The van der Waals surface area contributed by atoms with Crippen molar-refractivity contribution in [3.63, 3.8) is 0 Å². The van der Waals surface area contributed by atoms with Crippen LogP contribution in [0.1, 0.15) is 62.1 Å². The van der Waals surface area contributed by atoms with E-state index in [2.05, 4.69) is 48.1 Å². The SMILES string of the molecule is COc1ccc([Si](C)(C)[C@H]2[C@H](CC(=O)N(CCO)Cc3ccccc3)O[C@@]3(C(=O)N(Cc4cccc(N5CCCCCCC5=O)c4)c4ccc(Br)cc43)[C@@H]2C)cc1. The minimum absolute atomic E-state index is 0.0682. The van der Waals surface area contributed by atoms with Crippen molar-refractivity contribution in [1.29, 1.82) is 0 Å². The van der Waals surface area contributed by atoms with Crippen LogP contribution < -0.4 is 19.7 Å². The van der Waals surface area contributed by atoms with Crippen molar-refractivity contribution in [2.45, 2.75) is 88.9 Å². The lowest BCUT2D eigenvalue weighted by atomic mass is 9.82. The quantitative estimate of drug-likeness (QED) is 0.146. The molecule has 3 amide bonds. The summed E-state index contributed by atoms with van der Waals surface area (Å²) in [5.41, 5.74) is 2.84. The normalized spacial score (nSPS) is 22.4. The van der Waals surface area contributed by atoms with E-state index in [0.717, 1.165) is 64.0 Å². The summed E-state index contributed by atoms with van der Waals surface area (Å²) in [5.74, 6) is 0.340. The first-order valence-corrected chi connectivity index (χ1v) is 24.1. The number of amides is 3. The second kappa shape index (κ2) is 17.3. The average molecular weight is 853 g/mol. The number of hydrogen-bond acceptors (Lipinski definition) is 6. The van der Waals surface area contributed by atoms with Crippen LogP contribution in [0, 0.1) is 5.92 Å². The van der Waals surface area contributed by atoms with Crippen molar-refractivity contribution in [3.8, 4) is 5.75 Å². The molecule has 7 rings (SSSR count). The summed E-state index contributed by atoms with van der Waals surface area (Å²) in [4.78, 5) is 48.5. The highest BCUT2D eigenvalue weighted by molar-refractivity contribution is 9.10. The average Bonchev–Trinajstić information content (AvgIpc) is 3.62. The second-order valence-corrected chi connectivity index (χ2v) is 21.9. The van der Waals surface area contributed by atoms with Gasteiger partial charge in [-0.1, -0.05) is 109 Å². The van der Waals surface area contributed by atoms with Gasteiger partial charge in [0.15, 0.2) is 5.60 Å². The minimum atomic E-state index is -2.52. The van der Waals surface area contributed by atoms with Gasteiger partial charge in [-0.3, -0.25) is 14.4 Å². The maximum absolute atomic E-state index is 15.4. The third-order valence-corrected chi connectivity index (χ3v) is 17.4. The molecular formula is C46H54BrN3O6Si. The first kappa shape index (κ1) is 40.9. The molecule has 1 spiro atoms. The number of fused-ring (bicyclic) bond motifs is 2. The van der Waals surface area contributed by atoms with Crippen LogP contribution >= 0.6 is 15.9 Å².